The van der Waals surface area contributed by atoms with Crippen LogP contribution in [-0.2, 0) is 4.65 Å². The molecule has 0 saturated carbocycles. The first-order valence-corrected chi connectivity index (χ1v) is 7.18. The maximum atomic E-state index is 10.1. The van der Waals surface area contributed by atoms with Gasteiger partial charge in [-0.3, -0.25) is 0 Å². The fourth-order valence-corrected chi connectivity index (χ4v) is 1.78. The molecule has 2 aromatic rings. The Labute approximate surface area is 128 Å². The second-order valence-electron chi connectivity index (χ2n) is 6.30. The highest BCUT2D eigenvalue weighted by Crippen LogP contribution is 2.24. The van der Waals surface area contributed by atoms with Crippen molar-refractivity contribution in [1.82, 2.24) is 0 Å². The van der Waals surface area contributed by atoms with Crippen LogP contribution in [0.3, 0.4) is 0 Å². The van der Waals surface area contributed by atoms with Crippen molar-refractivity contribution >= 4 is 12.9 Å². The summed E-state index contributed by atoms with van der Waals surface area (Å²) in [5.41, 5.74) is 1.73. The predicted octanol–water partition coefficient (Wildman–Crippen LogP) is 3.16. The molecule has 0 saturated heterocycles. The minimum absolute atomic E-state index is 0.657. The first-order valence-electron chi connectivity index (χ1n) is 7.18. The zero-order valence-corrected chi connectivity index (χ0v) is 13.1. The topological polar surface area (TPSA) is 29.5 Å². The van der Waals surface area contributed by atoms with Gasteiger partial charge in [0.25, 0.3) is 0 Å². The Bertz CT molecular complexity index is 586. The minimum atomic E-state index is -0.916. The molecule has 1 radical (unpaired) electrons. The first-order chi connectivity index (χ1) is 9.79. The Kier molecular flexibility index (Phi) is 4.55. The summed E-state index contributed by atoms with van der Waals surface area (Å²) < 4.78 is 5.80. The van der Waals surface area contributed by atoms with E-state index in [1.807, 2.05) is 44.2 Å². The number of hydrogen-bond donors (Lipinski definition) is 1. The van der Waals surface area contributed by atoms with Gasteiger partial charge in [-0.05, 0) is 38.8 Å². The Morgan fingerprint density at radius 1 is 0.857 bits per heavy atom. The van der Waals surface area contributed by atoms with Gasteiger partial charge in [0.1, 0.15) is 0 Å². The van der Waals surface area contributed by atoms with Crippen molar-refractivity contribution in [1.29, 1.82) is 0 Å². The quantitative estimate of drug-likeness (QED) is 0.853. The molecule has 3 heteroatoms. The van der Waals surface area contributed by atoms with E-state index in [9.17, 15) is 5.11 Å². The van der Waals surface area contributed by atoms with Crippen molar-refractivity contribution in [2.24, 2.45) is 0 Å². The summed E-state index contributed by atoms with van der Waals surface area (Å²) in [6, 6.07) is 18.4. The SMILES string of the molecule is CC(C)(O)C(C)(C)O[B]c1cccc(-c2ccccc2)c1. The standard InChI is InChI=1S/C18H22BO2/c1-17(2,20)18(3,4)21-19-16-12-8-11-15(13-16)14-9-6-5-7-10-14/h5-13,20H,1-4H3. The van der Waals surface area contributed by atoms with E-state index in [1.54, 1.807) is 21.3 Å². The predicted molar refractivity (Wildman–Crippen MR) is 88.7 cm³/mol. The third-order valence-corrected chi connectivity index (χ3v) is 3.96. The van der Waals surface area contributed by atoms with Gasteiger partial charge in [0.2, 0.25) is 0 Å². The van der Waals surface area contributed by atoms with E-state index in [0.29, 0.717) is 0 Å². The highest BCUT2D eigenvalue weighted by atomic mass is 16.5. The molecule has 2 aromatic carbocycles. The van der Waals surface area contributed by atoms with Crippen LogP contribution in [0, 0.1) is 0 Å². The average Bonchev–Trinajstić information content (AvgIpc) is 2.45. The third kappa shape index (κ3) is 3.96. The summed E-state index contributed by atoms with van der Waals surface area (Å²) in [6.07, 6.45) is 0. The van der Waals surface area contributed by atoms with Crippen LogP contribution < -0.4 is 5.46 Å². The zero-order valence-electron chi connectivity index (χ0n) is 13.1. The van der Waals surface area contributed by atoms with Crippen LogP contribution in [0.4, 0.5) is 0 Å². The maximum absolute atomic E-state index is 10.1. The number of rotatable bonds is 5. The van der Waals surface area contributed by atoms with Gasteiger partial charge >= 0.3 is 7.48 Å². The van der Waals surface area contributed by atoms with Crippen LogP contribution in [-0.4, -0.2) is 23.8 Å². The van der Waals surface area contributed by atoms with Gasteiger partial charge in [0.15, 0.2) is 0 Å². The molecule has 2 nitrogen and oxygen atoms in total. The van der Waals surface area contributed by atoms with Crippen LogP contribution in [0.5, 0.6) is 0 Å². The van der Waals surface area contributed by atoms with Gasteiger partial charge in [-0.2, -0.15) is 0 Å². The van der Waals surface area contributed by atoms with Crippen molar-refractivity contribution in [2.75, 3.05) is 0 Å². The maximum Gasteiger partial charge on any atom is 0.330 e. The van der Waals surface area contributed by atoms with E-state index in [2.05, 4.69) is 24.3 Å². The Hall–Kier alpha value is -1.58. The molecule has 0 unspecified atom stereocenters. The first kappa shape index (κ1) is 15.8. The summed E-state index contributed by atoms with van der Waals surface area (Å²) in [4.78, 5) is 0. The summed E-state index contributed by atoms with van der Waals surface area (Å²) in [7, 11) is 1.71. The van der Waals surface area contributed by atoms with Crippen molar-refractivity contribution < 1.29 is 9.76 Å². The Morgan fingerprint density at radius 2 is 1.48 bits per heavy atom. The monoisotopic (exact) mass is 281 g/mol. The number of hydrogen-bond acceptors (Lipinski definition) is 2. The molecule has 0 fully saturated rings. The van der Waals surface area contributed by atoms with Gasteiger partial charge in [-0.25, -0.2) is 0 Å². The molecule has 21 heavy (non-hydrogen) atoms. The molecule has 0 aliphatic rings. The minimum Gasteiger partial charge on any atom is -0.427 e. The molecule has 1 N–H and O–H groups in total. The van der Waals surface area contributed by atoms with Gasteiger partial charge < -0.3 is 9.76 Å². The fourth-order valence-electron chi connectivity index (χ4n) is 1.78. The van der Waals surface area contributed by atoms with Crippen LogP contribution in [0.15, 0.2) is 54.6 Å². The fraction of sp³-hybridized carbons (Fsp3) is 0.333. The molecule has 0 aliphatic carbocycles. The van der Waals surface area contributed by atoms with E-state index >= 15 is 0 Å². The lowest BCUT2D eigenvalue weighted by molar-refractivity contribution is -0.0893. The number of benzene rings is 2. The molecule has 109 valence electrons. The van der Waals surface area contributed by atoms with Gasteiger partial charge in [-0.15, -0.1) is 0 Å². The molecular formula is C18H22BO2. The summed E-state index contributed by atoms with van der Waals surface area (Å²) >= 11 is 0. The van der Waals surface area contributed by atoms with Gasteiger partial charge in [0, 0.05) is 0 Å². The van der Waals surface area contributed by atoms with E-state index in [1.165, 1.54) is 5.56 Å². The van der Waals surface area contributed by atoms with E-state index in [4.69, 9.17) is 4.65 Å². The molecule has 0 amide bonds. The molecular weight excluding hydrogens is 259 g/mol. The van der Waals surface area contributed by atoms with Crippen LogP contribution in [0.25, 0.3) is 11.1 Å². The highest BCUT2D eigenvalue weighted by molar-refractivity contribution is 6.47. The lowest BCUT2D eigenvalue weighted by Gasteiger charge is -2.37. The Balaban J connectivity index is 2.13. The zero-order chi connectivity index (χ0) is 15.5. The molecule has 0 aliphatic heterocycles. The third-order valence-electron chi connectivity index (χ3n) is 3.96. The molecule has 2 rings (SSSR count). The van der Waals surface area contributed by atoms with Gasteiger partial charge in [-0.1, -0.05) is 60.1 Å². The van der Waals surface area contributed by atoms with E-state index in [-0.39, 0.29) is 0 Å². The van der Waals surface area contributed by atoms with E-state index < -0.39 is 11.2 Å². The van der Waals surface area contributed by atoms with Gasteiger partial charge in [0.05, 0.1) is 11.2 Å². The Morgan fingerprint density at radius 3 is 2.10 bits per heavy atom. The van der Waals surface area contributed by atoms with Crippen LogP contribution >= 0.6 is 0 Å². The lowest BCUT2D eigenvalue weighted by Crippen LogP contribution is -2.49. The van der Waals surface area contributed by atoms with Crippen molar-refractivity contribution in [3.05, 3.63) is 54.6 Å². The molecule has 0 bridgehead atoms. The van der Waals surface area contributed by atoms with Crippen LogP contribution in [0.1, 0.15) is 27.7 Å². The summed E-state index contributed by atoms with van der Waals surface area (Å²) in [5, 5.41) is 10.1. The molecule has 0 atom stereocenters. The molecule has 0 heterocycles. The molecule has 0 spiro atoms. The van der Waals surface area contributed by atoms with Crippen molar-refractivity contribution in [3.63, 3.8) is 0 Å². The smallest absolute Gasteiger partial charge is 0.330 e. The lowest BCUT2D eigenvalue weighted by atomic mass is 9.81. The summed E-state index contributed by atoms with van der Waals surface area (Å²) in [6.45, 7) is 7.26. The largest absolute Gasteiger partial charge is 0.427 e. The second-order valence-corrected chi connectivity index (χ2v) is 6.30. The summed E-state index contributed by atoms with van der Waals surface area (Å²) in [5.74, 6) is 0. The van der Waals surface area contributed by atoms with Crippen LogP contribution in [0.2, 0.25) is 0 Å². The van der Waals surface area contributed by atoms with E-state index in [0.717, 1.165) is 11.0 Å². The number of aliphatic hydroxyl groups is 1. The highest BCUT2D eigenvalue weighted by Gasteiger charge is 2.35. The second kappa shape index (κ2) is 6.04. The molecule has 0 aromatic heterocycles. The average molecular weight is 281 g/mol. The van der Waals surface area contributed by atoms with Crippen molar-refractivity contribution in [3.8, 4) is 11.1 Å². The normalized spacial score (nSPS) is 12.2. The van der Waals surface area contributed by atoms with Crippen molar-refractivity contribution in [2.45, 2.75) is 38.9 Å².